The quantitative estimate of drug-likeness (QED) is 0.895. The van der Waals surface area contributed by atoms with E-state index in [-0.39, 0.29) is 16.1 Å². The molecule has 1 unspecified atom stereocenters. The third-order valence-corrected chi connectivity index (χ3v) is 2.64. The summed E-state index contributed by atoms with van der Waals surface area (Å²) in [7, 11) is 0. The predicted molar refractivity (Wildman–Crippen MR) is 59.7 cm³/mol. The van der Waals surface area contributed by atoms with Crippen molar-refractivity contribution >= 4 is 11.6 Å². The van der Waals surface area contributed by atoms with Crippen LogP contribution in [0.2, 0.25) is 5.02 Å². The molecule has 0 radical (unpaired) electrons. The molecule has 0 saturated heterocycles. The van der Waals surface area contributed by atoms with Crippen molar-refractivity contribution in [3.05, 3.63) is 64.4 Å². The Morgan fingerprint density at radius 3 is 2.65 bits per heavy atom. The molecule has 17 heavy (non-hydrogen) atoms. The Kier molecular flexibility index (Phi) is 3.36. The molecule has 2 nitrogen and oxygen atoms in total. The lowest BCUT2D eigenvalue weighted by molar-refractivity contribution is 0.214. The molecule has 0 amide bonds. The SMILES string of the molecule is OC(c1cncc(F)c1)c1c(F)cccc1Cl. The number of aromatic nitrogens is 1. The van der Waals surface area contributed by atoms with Gasteiger partial charge in [0.15, 0.2) is 0 Å². The Morgan fingerprint density at radius 1 is 1.24 bits per heavy atom. The molecule has 0 aliphatic heterocycles. The smallest absolute Gasteiger partial charge is 0.141 e. The summed E-state index contributed by atoms with van der Waals surface area (Å²) in [5, 5.41) is 10.0. The molecule has 1 heterocycles. The molecule has 0 aliphatic carbocycles. The first kappa shape index (κ1) is 12.0. The van der Waals surface area contributed by atoms with Crippen LogP contribution in [0, 0.1) is 11.6 Å². The summed E-state index contributed by atoms with van der Waals surface area (Å²) >= 11 is 5.80. The molecule has 0 saturated carbocycles. The van der Waals surface area contributed by atoms with Gasteiger partial charge in [-0.3, -0.25) is 4.98 Å². The van der Waals surface area contributed by atoms with Gasteiger partial charge in [-0.05, 0) is 18.2 Å². The molecule has 1 atom stereocenters. The average Bonchev–Trinajstić information content (AvgIpc) is 2.28. The summed E-state index contributed by atoms with van der Waals surface area (Å²) in [5.41, 5.74) is 0.0681. The Bertz CT molecular complexity index is 528. The van der Waals surface area contributed by atoms with Crippen molar-refractivity contribution in [3.8, 4) is 0 Å². The zero-order valence-electron chi connectivity index (χ0n) is 8.57. The fraction of sp³-hybridized carbons (Fsp3) is 0.0833. The van der Waals surface area contributed by atoms with Crippen LogP contribution in [-0.4, -0.2) is 10.1 Å². The summed E-state index contributed by atoms with van der Waals surface area (Å²) in [6.07, 6.45) is 0.919. The number of aliphatic hydroxyl groups excluding tert-OH is 1. The minimum Gasteiger partial charge on any atom is -0.383 e. The van der Waals surface area contributed by atoms with E-state index in [2.05, 4.69) is 4.98 Å². The van der Waals surface area contributed by atoms with Crippen LogP contribution in [0.1, 0.15) is 17.2 Å². The molecule has 1 N–H and O–H groups in total. The minimum absolute atomic E-state index is 0.0819. The minimum atomic E-state index is -1.34. The largest absolute Gasteiger partial charge is 0.383 e. The van der Waals surface area contributed by atoms with Crippen LogP contribution >= 0.6 is 11.6 Å². The highest BCUT2D eigenvalue weighted by Gasteiger charge is 2.18. The molecule has 88 valence electrons. The van der Waals surface area contributed by atoms with Gasteiger partial charge >= 0.3 is 0 Å². The number of rotatable bonds is 2. The van der Waals surface area contributed by atoms with E-state index < -0.39 is 17.7 Å². The highest BCUT2D eigenvalue weighted by Crippen LogP contribution is 2.30. The van der Waals surface area contributed by atoms with Crippen LogP contribution in [-0.2, 0) is 0 Å². The first-order valence-electron chi connectivity index (χ1n) is 4.82. The summed E-state index contributed by atoms with van der Waals surface area (Å²) < 4.78 is 26.5. The zero-order chi connectivity index (χ0) is 12.4. The zero-order valence-corrected chi connectivity index (χ0v) is 9.33. The molecular weight excluding hydrogens is 248 g/mol. The van der Waals surface area contributed by atoms with E-state index in [0.29, 0.717) is 0 Å². The first-order valence-corrected chi connectivity index (χ1v) is 5.20. The number of hydrogen-bond acceptors (Lipinski definition) is 2. The fourth-order valence-electron chi connectivity index (χ4n) is 1.52. The van der Waals surface area contributed by atoms with E-state index in [9.17, 15) is 13.9 Å². The number of hydrogen-bond donors (Lipinski definition) is 1. The van der Waals surface area contributed by atoms with Crippen LogP contribution < -0.4 is 0 Å². The van der Waals surface area contributed by atoms with Gasteiger partial charge in [0.1, 0.15) is 17.7 Å². The van der Waals surface area contributed by atoms with Gasteiger partial charge in [-0.1, -0.05) is 17.7 Å². The molecule has 5 heteroatoms. The van der Waals surface area contributed by atoms with Crippen molar-refractivity contribution in [3.63, 3.8) is 0 Å². The van der Waals surface area contributed by atoms with Gasteiger partial charge in [0, 0.05) is 22.3 Å². The number of pyridine rings is 1. The van der Waals surface area contributed by atoms with Gasteiger partial charge in [0.2, 0.25) is 0 Å². The van der Waals surface area contributed by atoms with Gasteiger partial charge < -0.3 is 5.11 Å². The first-order chi connectivity index (χ1) is 8.09. The van der Waals surface area contributed by atoms with Crippen LogP contribution in [0.4, 0.5) is 8.78 Å². The van der Waals surface area contributed by atoms with Gasteiger partial charge in [0.05, 0.1) is 6.20 Å². The lowest BCUT2D eigenvalue weighted by Gasteiger charge is -2.13. The molecule has 2 aromatic rings. The average molecular weight is 256 g/mol. The summed E-state index contributed by atoms with van der Waals surface area (Å²) in [4.78, 5) is 3.59. The Morgan fingerprint density at radius 2 is 2.00 bits per heavy atom. The third kappa shape index (κ3) is 2.43. The standard InChI is InChI=1S/C12H8ClF2NO/c13-9-2-1-3-10(15)11(9)12(17)7-4-8(14)6-16-5-7/h1-6,12,17H. The van der Waals surface area contributed by atoms with E-state index in [1.54, 1.807) is 0 Å². The van der Waals surface area contributed by atoms with Crippen molar-refractivity contribution in [2.45, 2.75) is 6.10 Å². The van der Waals surface area contributed by atoms with Crippen LogP contribution in [0.25, 0.3) is 0 Å². The van der Waals surface area contributed by atoms with E-state index in [0.717, 1.165) is 12.3 Å². The predicted octanol–water partition coefficient (Wildman–Crippen LogP) is 3.09. The van der Waals surface area contributed by atoms with E-state index in [1.165, 1.54) is 24.4 Å². The van der Waals surface area contributed by atoms with Crippen molar-refractivity contribution < 1.29 is 13.9 Å². The Hall–Kier alpha value is -1.52. The number of nitrogens with zero attached hydrogens (tertiary/aromatic N) is 1. The lowest BCUT2D eigenvalue weighted by atomic mass is 10.0. The fourth-order valence-corrected chi connectivity index (χ4v) is 1.78. The van der Waals surface area contributed by atoms with Crippen molar-refractivity contribution in [1.82, 2.24) is 4.98 Å². The van der Waals surface area contributed by atoms with E-state index in [4.69, 9.17) is 11.6 Å². The monoisotopic (exact) mass is 255 g/mol. The van der Waals surface area contributed by atoms with Gasteiger partial charge in [-0.2, -0.15) is 0 Å². The molecule has 0 spiro atoms. The molecule has 1 aromatic heterocycles. The number of halogens is 3. The second-order valence-electron chi connectivity index (χ2n) is 3.47. The Labute approximate surface area is 102 Å². The number of benzene rings is 1. The van der Waals surface area contributed by atoms with Crippen LogP contribution in [0.15, 0.2) is 36.7 Å². The van der Waals surface area contributed by atoms with E-state index >= 15 is 0 Å². The summed E-state index contributed by atoms with van der Waals surface area (Å²) in [6, 6.07) is 5.14. The van der Waals surface area contributed by atoms with Crippen molar-refractivity contribution in [1.29, 1.82) is 0 Å². The Balaban J connectivity index is 2.47. The van der Waals surface area contributed by atoms with Crippen molar-refractivity contribution in [2.75, 3.05) is 0 Å². The summed E-state index contributed by atoms with van der Waals surface area (Å²) in [6.45, 7) is 0. The molecule has 0 fully saturated rings. The molecule has 0 aliphatic rings. The lowest BCUT2D eigenvalue weighted by Crippen LogP contribution is -2.04. The van der Waals surface area contributed by atoms with E-state index in [1.807, 2.05) is 0 Å². The topological polar surface area (TPSA) is 33.1 Å². The highest BCUT2D eigenvalue weighted by atomic mass is 35.5. The molecule has 2 rings (SSSR count). The van der Waals surface area contributed by atoms with Crippen LogP contribution in [0.3, 0.4) is 0 Å². The second-order valence-corrected chi connectivity index (χ2v) is 3.88. The van der Waals surface area contributed by atoms with Gasteiger partial charge in [0.25, 0.3) is 0 Å². The maximum Gasteiger partial charge on any atom is 0.141 e. The normalized spacial score (nSPS) is 12.5. The second kappa shape index (κ2) is 4.77. The molecular formula is C12H8ClF2NO. The van der Waals surface area contributed by atoms with Gasteiger partial charge in [-0.15, -0.1) is 0 Å². The number of aliphatic hydroxyl groups is 1. The maximum absolute atomic E-state index is 13.5. The van der Waals surface area contributed by atoms with Crippen molar-refractivity contribution in [2.24, 2.45) is 0 Å². The molecule has 0 bridgehead atoms. The van der Waals surface area contributed by atoms with Crippen LogP contribution in [0.5, 0.6) is 0 Å². The van der Waals surface area contributed by atoms with Gasteiger partial charge in [-0.25, -0.2) is 8.78 Å². The maximum atomic E-state index is 13.5. The third-order valence-electron chi connectivity index (χ3n) is 2.31. The molecule has 1 aromatic carbocycles. The highest BCUT2D eigenvalue weighted by molar-refractivity contribution is 6.31. The summed E-state index contributed by atoms with van der Waals surface area (Å²) in [5.74, 6) is -1.25.